The molecular formula is C10H16Cl2P2RuY6-2. The minimum atomic E-state index is -1.67. The average molecular weight is 904 g/mol. The zero-order chi connectivity index (χ0) is 12.3. The zero-order valence-corrected chi connectivity index (χ0v) is 34.6. The van der Waals surface area contributed by atoms with Gasteiger partial charge >= 0.3 is 79.8 Å². The Morgan fingerprint density at radius 1 is 0.810 bits per heavy atom. The van der Waals surface area contributed by atoms with Gasteiger partial charge in [-0.1, -0.05) is 0 Å². The number of rotatable bonds is 1. The molecule has 0 aliphatic heterocycles. The van der Waals surface area contributed by atoms with Crippen LogP contribution in [-0.4, -0.2) is 4.11 Å². The molecular weight excluding hydrogens is 887 g/mol. The molecule has 0 nitrogen and oxygen atoms in total. The summed E-state index contributed by atoms with van der Waals surface area (Å²) in [6.45, 7) is 8.33. The van der Waals surface area contributed by atoms with E-state index in [1.807, 2.05) is 37.3 Å². The number of benzene rings is 1. The van der Waals surface area contributed by atoms with Crippen molar-refractivity contribution in [2.24, 2.45) is 0 Å². The van der Waals surface area contributed by atoms with Gasteiger partial charge in [-0.05, 0) is 0 Å². The van der Waals surface area contributed by atoms with Crippen molar-refractivity contribution in [3.05, 3.63) is 49.2 Å². The van der Waals surface area contributed by atoms with E-state index in [4.69, 9.17) is 19.4 Å². The van der Waals surface area contributed by atoms with Crippen LogP contribution in [0.4, 0.5) is 0 Å². The number of halogens is 2. The Bertz CT molecular complexity index is 290. The molecule has 1 aromatic rings. The minimum Gasteiger partial charge on any atom is -0.323 e. The first-order chi connectivity index (χ1) is 7.22. The van der Waals surface area contributed by atoms with E-state index in [1.165, 1.54) is 0 Å². The molecule has 0 aliphatic rings. The Hall–Kier alpha value is 7.78. The molecule has 0 heterocycles. The summed E-state index contributed by atoms with van der Waals surface area (Å²) in [6, 6.07) is 10.0. The molecule has 108 valence electrons. The van der Waals surface area contributed by atoms with Gasteiger partial charge < -0.3 is 31.8 Å². The average Bonchev–Trinajstić information content (AvgIpc) is 2.34. The van der Waals surface area contributed by atoms with Gasteiger partial charge in [-0.25, -0.2) is 0 Å². The zero-order valence-electron chi connectivity index (χ0n) is 12.0. The Morgan fingerprint density at radius 3 is 1.33 bits per heavy atom. The van der Waals surface area contributed by atoms with Crippen LogP contribution in [0.3, 0.4) is 0 Å². The molecule has 2 unspecified atom stereocenters. The van der Waals surface area contributed by atoms with Crippen molar-refractivity contribution in [2.45, 2.75) is 6.92 Å². The van der Waals surface area contributed by atoms with E-state index in [9.17, 15) is 0 Å². The summed E-state index contributed by atoms with van der Waals surface area (Å²) in [4.78, 5) is 0. The summed E-state index contributed by atoms with van der Waals surface area (Å²) in [7, 11) is 16.0. The van der Waals surface area contributed by atoms with Crippen LogP contribution in [0.25, 0.3) is 0 Å². The van der Waals surface area contributed by atoms with Crippen molar-refractivity contribution < 1.29 is 210 Å². The summed E-state index contributed by atoms with van der Waals surface area (Å²) in [5, 5.41) is 0. The second kappa shape index (κ2) is 42.0. The number of hydrogen-bond donors (Lipinski definition) is 0. The van der Waals surface area contributed by atoms with Crippen LogP contribution in [0.2, 0.25) is 0 Å². The van der Waals surface area contributed by atoms with Crippen LogP contribution in [0, 0.1) is 13.3 Å². The summed E-state index contributed by atoms with van der Waals surface area (Å²) < 4.78 is 1.14. The van der Waals surface area contributed by atoms with E-state index in [0.717, 1.165) is 9.67 Å². The third kappa shape index (κ3) is 32.6. The monoisotopic (exact) mass is 903 g/mol. The standard InChI is InChI=1S/C8H8.2CH4P.2ClH.Ru.6Y/c1-2-8-6-4-3-5-7-8;2*1-2;;;;;;;;;/h3-7H,1H3;2*1-2H2;2*1H;;;;;;;/q;2*-1;;;+2;;;;;;/p-2. The molecule has 21 heavy (non-hydrogen) atoms. The fourth-order valence-electron chi connectivity index (χ4n) is 0.741. The van der Waals surface area contributed by atoms with Gasteiger partial charge in [0, 0.05) is 196 Å². The third-order valence-electron chi connectivity index (χ3n) is 1.36. The van der Waals surface area contributed by atoms with Crippen molar-refractivity contribution in [1.82, 2.24) is 0 Å². The van der Waals surface area contributed by atoms with Gasteiger partial charge in [0.2, 0.25) is 0 Å². The molecule has 0 aliphatic carbocycles. The van der Waals surface area contributed by atoms with E-state index >= 15 is 0 Å². The summed E-state index contributed by atoms with van der Waals surface area (Å²) in [5.74, 6) is 0. The molecule has 1 rings (SSSR count). The van der Waals surface area contributed by atoms with Gasteiger partial charge in [0.15, 0.2) is 0 Å². The fourth-order valence-corrected chi connectivity index (χ4v) is 2.32. The predicted octanol–water partition coefficient (Wildman–Crippen LogP) is 4.44. The predicted molar refractivity (Wildman–Crippen MR) is 78.1 cm³/mol. The SMILES string of the molecule is C[C](c1ccccc1)=[Ru]([Cl])[Cl].[CH2-]P.[CH2-]P.[Y].[Y].[Y].[Y].[Y].[Y]. The van der Waals surface area contributed by atoms with Gasteiger partial charge in [0.25, 0.3) is 0 Å². The number of hydrogen-bond acceptors (Lipinski definition) is 0. The van der Waals surface area contributed by atoms with Crippen molar-refractivity contribution in [3.8, 4) is 0 Å². The Balaban J connectivity index is -0.0000000261. The smallest absolute Gasteiger partial charge is 0 e. The molecule has 2 atom stereocenters. The van der Waals surface area contributed by atoms with E-state index in [1.54, 1.807) is 0 Å². The molecule has 0 fully saturated rings. The minimum absolute atomic E-state index is 0. The maximum absolute atomic E-state index is 5.83. The van der Waals surface area contributed by atoms with Gasteiger partial charge in [0.1, 0.15) is 0 Å². The maximum atomic E-state index is 5.83. The van der Waals surface area contributed by atoms with E-state index in [2.05, 4.69) is 31.8 Å². The normalized spacial score (nSPS) is 6.33. The maximum Gasteiger partial charge on any atom is 0 e. The van der Waals surface area contributed by atoms with Crippen molar-refractivity contribution in [3.63, 3.8) is 0 Å². The first kappa shape index (κ1) is 51.4. The van der Waals surface area contributed by atoms with E-state index in [0.29, 0.717) is 0 Å². The summed E-state index contributed by atoms with van der Waals surface area (Å²) in [5.41, 5.74) is 1.16. The molecule has 0 aromatic heterocycles. The van der Waals surface area contributed by atoms with Crippen LogP contribution < -0.4 is 0 Å². The van der Waals surface area contributed by atoms with Crippen LogP contribution in [0.15, 0.2) is 30.3 Å². The molecule has 0 bridgehead atoms. The first-order valence-electron chi connectivity index (χ1n) is 3.92. The Kier molecular flexibility index (Phi) is 103. The van der Waals surface area contributed by atoms with E-state index in [-0.39, 0.29) is 196 Å². The molecule has 0 spiro atoms. The quantitative estimate of drug-likeness (QED) is 0.223. The van der Waals surface area contributed by atoms with Gasteiger partial charge in [-0.3, -0.25) is 0 Å². The third-order valence-corrected chi connectivity index (χ3v) is 5.22. The summed E-state index contributed by atoms with van der Waals surface area (Å²) >= 11 is -1.67. The van der Waals surface area contributed by atoms with Gasteiger partial charge in [0.05, 0.1) is 0 Å². The Labute approximate surface area is 299 Å². The van der Waals surface area contributed by atoms with Gasteiger partial charge in [-0.2, -0.15) is 0 Å². The molecule has 0 saturated heterocycles. The second-order valence-electron chi connectivity index (χ2n) is 2.07. The molecule has 11 heteroatoms. The second-order valence-corrected chi connectivity index (χ2v) is 8.25. The Morgan fingerprint density at radius 2 is 1.10 bits per heavy atom. The van der Waals surface area contributed by atoms with Crippen molar-refractivity contribution in [1.29, 1.82) is 0 Å². The molecule has 0 N–H and O–H groups in total. The van der Waals surface area contributed by atoms with Crippen LogP contribution in [0.1, 0.15) is 12.5 Å². The molecule has 6 radical (unpaired) electrons. The molecule has 0 amide bonds. The largest absolute Gasteiger partial charge is 0.323 e. The van der Waals surface area contributed by atoms with Crippen LogP contribution >= 0.6 is 37.9 Å². The summed E-state index contributed by atoms with van der Waals surface area (Å²) in [6.07, 6.45) is 0. The fraction of sp³-hybridized carbons (Fsp3) is 0.100. The van der Waals surface area contributed by atoms with Crippen molar-refractivity contribution in [2.75, 3.05) is 0 Å². The van der Waals surface area contributed by atoms with Crippen LogP contribution in [0.5, 0.6) is 0 Å². The van der Waals surface area contributed by atoms with E-state index < -0.39 is 13.5 Å². The van der Waals surface area contributed by atoms with Crippen molar-refractivity contribution >= 4 is 42.0 Å². The molecule has 1 aromatic carbocycles. The van der Waals surface area contributed by atoms with Gasteiger partial charge in [-0.15, -0.1) is 0 Å². The first-order valence-corrected chi connectivity index (χ1v) is 10.9. The topological polar surface area (TPSA) is 0 Å². The molecule has 0 saturated carbocycles. The van der Waals surface area contributed by atoms with Crippen LogP contribution in [-0.2, 0) is 210 Å².